The minimum absolute atomic E-state index is 0.00543. The van der Waals surface area contributed by atoms with E-state index in [1.54, 1.807) is 9.47 Å². The van der Waals surface area contributed by atoms with Crippen molar-refractivity contribution in [3.05, 3.63) is 29.1 Å². The molecule has 3 aliphatic rings. The number of hydrogen-bond acceptors (Lipinski definition) is 5. The lowest BCUT2D eigenvalue weighted by atomic mass is 9.91. The van der Waals surface area contributed by atoms with E-state index in [1.165, 1.54) is 0 Å². The molecule has 0 bridgehead atoms. The zero-order chi connectivity index (χ0) is 27.4. The van der Waals surface area contributed by atoms with E-state index in [1.807, 2.05) is 18.0 Å². The van der Waals surface area contributed by atoms with Crippen molar-refractivity contribution in [2.45, 2.75) is 95.5 Å². The minimum Gasteiger partial charge on any atom is -0.414 e. The normalized spacial score (nSPS) is 23.1. The van der Waals surface area contributed by atoms with Crippen molar-refractivity contribution >= 4 is 31.2 Å². The number of imidazole rings is 1. The van der Waals surface area contributed by atoms with Gasteiger partial charge in [-0.3, -0.25) is 9.59 Å². The molecule has 0 radical (unpaired) electrons. The van der Waals surface area contributed by atoms with Gasteiger partial charge < -0.3 is 18.8 Å². The molecule has 2 aromatic rings. The number of hydrogen-bond donors (Lipinski definition) is 0. The number of aryl methyl sites for hydroxylation is 1. The number of carbonyl (C=O) groups excluding carboxylic acids is 2. The highest BCUT2D eigenvalue weighted by atomic mass is 28.4. The predicted molar refractivity (Wildman–Crippen MR) is 149 cm³/mol. The number of carbonyl (C=O) groups is 2. The van der Waals surface area contributed by atoms with Crippen molar-refractivity contribution in [2.24, 2.45) is 7.05 Å². The van der Waals surface area contributed by atoms with E-state index in [0.717, 1.165) is 49.6 Å². The number of amides is 2. The second kappa shape index (κ2) is 9.80. The minimum atomic E-state index is -1.80. The van der Waals surface area contributed by atoms with Gasteiger partial charge in [0.15, 0.2) is 14.1 Å². The van der Waals surface area contributed by atoms with E-state index < -0.39 is 8.32 Å². The largest absolute Gasteiger partial charge is 0.414 e. The predicted octanol–water partition coefficient (Wildman–Crippen LogP) is 4.94. The SMILES string of the molecule is Cn1c(C(=O)N2CCN(C3CCC(O[Si](C)(C)C(C)(C)C)CC3)C(=O)C2)nc2c(C#N)cc(C3CC3)cc21. The van der Waals surface area contributed by atoms with E-state index in [2.05, 4.69) is 51.0 Å². The lowest BCUT2D eigenvalue weighted by Crippen LogP contribution is -2.56. The third kappa shape index (κ3) is 5.01. The fourth-order valence-electron chi connectivity index (χ4n) is 5.69. The third-order valence-electron chi connectivity index (χ3n) is 9.27. The van der Waals surface area contributed by atoms with Gasteiger partial charge >= 0.3 is 0 Å². The smallest absolute Gasteiger partial charge is 0.290 e. The van der Waals surface area contributed by atoms with Gasteiger partial charge in [-0.25, -0.2) is 4.98 Å². The summed E-state index contributed by atoms with van der Waals surface area (Å²) in [7, 11) is 0.0212. The van der Waals surface area contributed by atoms with Crippen molar-refractivity contribution in [3.63, 3.8) is 0 Å². The Kier molecular flexibility index (Phi) is 6.93. The van der Waals surface area contributed by atoms with Crippen LogP contribution in [0, 0.1) is 11.3 Å². The van der Waals surface area contributed by atoms with Gasteiger partial charge in [0.25, 0.3) is 5.91 Å². The Labute approximate surface area is 227 Å². The van der Waals surface area contributed by atoms with E-state index in [9.17, 15) is 14.9 Å². The van der Waals surface area contributed by atoms with Crippen LogP contribution in [0.3, 0.4) is 0 Å². The Bertz CT molecular complexity index is 1290. The summed E-state index contributed by atoms with van der Waals surface area (Å²) in [6, 6.07) is 6.45. The molecule has 1 saturated heterocycles. The van der Waals surface area contributed by atoms with Crippen LogP contribution >= 0.6 is 0 Å². The summed E-state index contributed by atoms with van der Waals surface area (Å²) < 4.78 is 8.42. The van der Waals surface area contributed by atoms with Crippen molar-refractivity contribution < 1.29 is 14.0 Å². The summed E-state index contributed by atoms with van der Waals surface area (Å²) in [6.07, 6.45) is 6.41. The van der Waals surface area contributed by atoms with Gasteiger partial charge in [-0.15, -0.1) is 0 Å². The second-order valence-corrected chi connectivity index (χ2v) is 17.7. The van der Waals surface area contributed by atoms with Gasteiger partial charge in [0.2, 0.25) is 5.91 Å². The molecule has 3 fully saturated rings. The Balaban J connectivity index is 1.23. The Morgan fingerprint density at radius 1 is 1.11 bits per heavy atom. The van der Waals surface area contributed by atoms with Gasteiger partial charge in [-0.2, -0.15) is 5.26 Å². The highest BCUT2D eigenvalue weighted by Gasteiger charge is 2.41. The molecule has 8 nitrogen and oxygen atoms in total. The van der Waals surface area contributed by atoms with E-state index in [4.69, 9.17) is 4.43 Å². The molecule has 2 aliphatic carbocycles. The van der Waals surface area contributed by atoms with Crippen LogP contribution in [0.1, 0.15) is 87.0 Å². The molecule has 2 amide bonds. The molecule has 5 rings (SSSR count). The molecule has 0 spiro atoms. The van der Waals surface area contributed by atoms with Gasteiger partial charge in [-0.1, -0.05) is 20.8 Å². The van der Waals surface area contributed by atoms with Crippen LogP contribution in [-0.2, 0) is 16.3 Å². The zero-order valence-electron chi connectivity index (χ0n) is 23.7. The van der Waals surface area contributed by atoms with Crippen molar-refractivity contribution in [1.82, 2.24) is 19.4 Å². The van der Waals surface area contributed by atoms with Crippen LogP contribution in [0.15, 0.2) is 12.1 Å². The quantitative estimate of drug-likeness (QED) is 0.506. The van der Waals surface area contributed by atoms with Crippen molar-refractivity contribution in [1.29, 1.82) is 5.26 Å². The standard InChI is InChI=1S/C29H41N5O3Si/c1-29(2,3)38(5,6)37-23-11-9-22(10-12-23)34-14-13-33(18-25(34)35)28(36)27-31-26-21(17-30)15-20(19-7-8-19)16-24(26)32(27)4/h15-16,19,22-23H,7-14,18H2,1-6H3. The summed E-state index contributed by atoms with van der Waals surface area (Å²) in [4.78, 5) is 34.9. The highest BCUT2D eigenvalue weighted by Crippen LogP contribution is 2.42. The summed E-state index contributed by atoms with van der Waals surface area (Å²) in [5, 5.41) is 9.89. The molecule has 1 aromatic heterocycles. The lowest BCUT2D eigenvalue weighted by molar-refractivity contribution is -0.138. The molecule has 0 atom stereocenters. The Morgan fingerprint density at radius 3 is 2.37 bits per heavy atom. The zero-order valence-corrected chi connectivity index (χ0v) is 24.7. The fraction of sp³-hybridized carbons (Fsp3) is 0.655. The topological polar surface area (TPSA) is 91.5 Å². The fourth-order valence-corrected chi connectivity index (χ4v) is 7.12. The number of fused-ring (bicyclic) bond motifs is 1. The maximum atomic E-state index is 13.5. The first kappa shape index (κ1) is 26.9. The first-order valence-corrected chi connectivity index (χ1v) is 17.0. The van der Waals surface area contributed by atoms with E-state index in [-0.39, 0.29) is 41.4 Å². The maximum absolute atomic E-state index is 13.5. The number of rotatable bonds is 5. The molecule has 2 saturated carbocycles. The van der Waals surface area contributed by atoms with Crippen molar-refractivity contribution in [2.75, 3.05) is 19.6 Å². The number of nitriles is 1. The van der Waals surface area contributed by atoms with Gasteiger partial charge in [0.05, 0.1) is 11.1 Å². The molecule has 38 heavy (non-hydrogen) atoms. The van der Waals surface area contributed by atoms with Crippen LogP contribution in [0.25, 0.3) is 11.0 Å². The number of benzene rings is 1. The Hall–Kier alpha value is -2.70. The van der Waals surface area contributed by atoms with Gasteiger partial charge in [0, 0.05) is 32.3 Å². The maximum Gasteiger partial charge on any atom is 0.290 e. The van der Waals surface area contributed by atoms with Crippen LogP contribution < -0.4 is 0 Å². The number of nitrogens with zero attached hydrogens (tertiary/aromatic N) is 5. The summed E-state index contributed by atoms with van der Waals surface area (Å²) in [6.45, 7) is 12.5. The molecule has 9 heteroatoms. The first-order valence-electron chi connectivity index (χ1n) is 14.1. The molecule has 0 unspecified atom stereocenters. The highest BCUT2D eigenvalue weighted by molar-refractivity contribution is 6.74. The molecule has 1 aliphatic heterocycles. The van der Waals surface area contributed by atoms with Crippen LogP contribution in [0.5, 0.6) is 0 Å². The molecular formula is C29H41N5O3Si. The Morgan fingerprint density at radius 2 is 1.79 bits per heavy atom. The molecule has 2 heterocycles. The third-order valence-corrected chi connectivity index (χ3v) is 13.8. The average Bonchev–Trinajstić information content (AvgIpc) is 3.66. The lowest BCUT2D eigenvalue weighted by Gasteiger charge is -2.44. The summed E-state index contributed by atoms with van der Waals surface area (Å²) in [5.41, 5.74) is 3.01. The molecule has 1 aromatic carbocycles. The van der Waals surface area contributed by atoms with Crippen LogP contribution in [0.4, 0.5) is 0 Å². The summed E-state index contributed by atoms with van der Waals surface area (Å²) in [5.74, 6) is 0.542. The van der Waals surface area contributed by atoms with Crippen LogP contribution in [0.2, 0.25) is 18.1 Å². The number of aromatic nitrogens is 2. The van der Waals surface area contributed by atoms with E-state index >= 15 is 0 Å². The average molecular weight is 536 g/mol. The number of piperazine rings is 1. The van der Waals surface area contributed by atoms with Crippen molar-refractivity contribution in [3.8, 4) is 6.07 Å². The molecule has 0 N–H and O–H groups in total. The van der Waals surface area contributed by atoms with Crippen LogP contribution in [-0.4, -0.2) is 71.3 Å². The monoisotopic (exact) mass is 535 g/mol. The van der Waals surface area contributed by atoms with Gasteiger partial charge in [-0.05, 0) is 80.3 Å². The van der Waals surface area contributed by atoms with E-state index in [0.29, 0.717) is 30.1 Å². The second-order valence-electron chi connectivity index (χ2n) is 12.9. The van der Waals surface area contributed by atoms with Gasteiger partial charge in [0.1, 0.15) is 18.1 Å². The summed E-state index contributed by atoms with van der Waals surface area (Å²) >= 11 is 0. The molecular weight excluding hydrogens is 494 g/mol. The molecule has 204 valence electrons. The first-order chi connectivity index (χ1) is 17.9.